The summed E-state index contributed by atoms with van der Waals surface area (Å²) in [5.41, 5.74) is 0. The van der Waals surface area contributed by atoms with E-state index in [0.717, 1.165) is 25.9 Å². The number of ether oxygens (including phenoxy) is 1. The lowest BCUT2D eigenvalue weighted by Gasteiger charge is -2.21. The Morgan fingerprint density at radius 1 is 1.60 bits per heavy atom. The predicted molar refractivity (Wildman–Crippen MR) is 58.0 cm³/mol. The van der Waals surface area contributed by atoms with Gasteiger partial charge in [-0.1, -0.05) is 0 Å². The smallest absolute Gasteiger partial charge is 0.367 e. The van der Waals surface area contributed by atoms with E-state index < -0.39 is 0 Å². The van der Waals surface area contributed by atoms with E-state index in [0.29, 0.717) is 17.5 Å². The van der Waals surface area contributed by atoms with Gasteiger partial charge < -0.3 is 10.1 Å². The van der Waals surface area contributed by atoms with E-state index >= 15 is 0 Å². The first-order valence-electron chi connectivity index (χ1n) is 5.13. The molecule has 0 amide bonds. The molecule has 0 saturated carbocycles. The van der Waals surface area contributed by atoms with Crippen LogP contribution >= 0.6 is 11.3 Å². The lowest BCUT2D eigenvalue weighted by atomic mass is 9.99. The molecule has 0 aliphatic carbocycles. The van der Waals surface area contributed by atoms with Crippen molar-refractivity contribution in [3.63, 3.8) is 0 Å². The van der Waals surface area contributed by atoms with Crippen LogP contribution in [0.25, 0.3) is 0 Å². The second kappa shape index (κ2) is 5.23. The summed E-state index contributed by atoms with van der Waals surface area (Å²) in [5.74, 6) is 0.221. The molecule has 0 radical (unpaired) electrons. The van der Waals surface area contributed by atoms with Gasteiger partial charge in [-0.3, -0.25) is 0 Å². The lowest BCUT2D eigenvalue weighted by molar-refractivity contribution is 0.0415. The number of rotatable bonds is 3. The second-order valence-electron chi connectivity index (χ2n) is 3.63. The normalized spacial score (nSPS) is 17.6. The van der Waals surface area contributed by atoms with Gasteiger partial charge in [0.05, 0.1) is 6.61 Å². The number of carbonyl (C=O) groups excluding carboxylic acids is 1. The zero-order valence-corrected chi connectivity index (χ0v) is 9.26. The van der Waals surface area contributed by atoms with Gasteiger partial charge in [0.2, 0.25) is 5.01 Å². The van der Waals surface area contributed by atoms with E-state index in [2.05, 4.69) is 10.3 Å². The molecule has 1 fully saturated rings. The highest BCUT2D eigenvalue weighted by Crippen LogP contribution is 2.13. The van der Waals surface area contributed by atoms with E-state index in [1.54, 1.807) is 11.6 Å². The average Bonchev–Trinajstić information content (AvgIpc) is 2.81. The van der Waals surface area contributed by atoms with E-state index in [9.17, 15) is 4.79 Å². The van der Waals surface area contributed by atoms with Gasteiger partial charge in [-0.25, -0.2) is 9.78 Å². The fraction of sp³-hybridized carbons (Fsp3) is 0.600. The van der Waals surface area contributed by atoms with Crippen molar-refractivity contribution in [2.24, 2.45) is 5.92 Å². The maximum atomic E-state index is 11.5. The lowest BCUT2D eigenvalue weighted by Crippen LogP contribution is -2.30. The number of hydrogen-bond donors (Lipinski definition) is 1. The third-order valence-electron chi connectivity index (χ3n) is 2.52. The van der Waals surface area contributed by atoms with Gasteiger partial charge in [0.15, 0.2) is 0 Å². The van der Waals surface area contributed by atoms with Gasteiger partial charge in [-0.05, 0) is 31.8 Å². The second-order valence-corrected chi connectivity index (χ2v) is 4.52. The summed E-state index contributed by atoms with van der Waals surface area (Å²) in [6.07, 6.45) is 3.79. The number of nitrogens with one attached hydrogen (secondary N) is 1. The van der Waals surface area contributed by atoms with Crippen LogP contribution < -0.4 is 5.32 Å². The van der Waals surface area contributed by atoms with Gasteiger partial charge in [0.25, 0.3) is 0 Å². The fourth-order valence-electron chi connectivity index (χ4n) is 1.63. The van der Waals surface area contributed by atoms with Crippen molar-refractivity contribution >= 4 is 17.3 Å². The molecule has 0 atom stereocenters. The molecule has 1 aliphatic heterocycles. The summed E-state index contributed by atoms with van der Waals surface area (Å²) < 4.78 is 5.21. The third-order valence-corrected chi connectivity index (χ3v) is 3.27. The quantitative estimate of drug-likeness (QED) is 0.789. The Morgan fingerprint density at radius 2 is 2.40 bits per heavy atom. The van der Waals surface area contributed by atoms with Crippen molar-refractivity contribution in [1.29, 1.82) is 0 Å². The first-order valence-corrected chi connectivity index (χ1v) is 6.01. The number of carbonyl (C=O) groups is 1. The van der Waals surface area contributed by atoms with Crippen molar-refractivity contribution in [2.75, 3.05) is 19.7 Å². The van der Waals surface area contributed by atoms with Gasteiger partial charge in [0.1, 0.15) is 0 Å². The highest BCUT2D eigenvalue weighted by molar-refractivity contribution is 7.11. The molecule has 1 saturated heterocycles. The summed E-state index contributed by atoms with van der Waals surface area (Å²) >= 11 is 1.32. The van der Waals surface area contributed by atoms with Crippen molar-refractivity contribution in [3.05, 3.63) is 16.6 Å². The summed E-state index contributed by atoms with van der Waals surface area (Å²) in [5, 5.41) is 5.51. The van der Waals surface area contributed by atoms with Crippen LogP contribution in [0.4, 0.5) is 0 Å². The van der Waals surface area contributed by atoms with Gasteiger partial charge in [-0.15, -0.1) is 11.3 Å². The summed E-state index contributed by atoms with van der Waals surface area (Å²) in [6, 6.07) is 0. The first kappa shape index (κ1) is 10.6. The van der Waals surface area contributed by atoms with Crippen molar-refractivity contribution in [3.8, 4) is 0 Å². The number of thiazole rings is 1. The molecule has 2 heterocycles. The zero-order chi connectivity index (χ0) is 10.5. The maximum absolute atomic E-state index is 11.5. The van der Waals surface area contributed by atoms with Crippen LogP contribution in [0.3, 0.4) is 0 Å². The monoisotopic (exact) mass is 226 g/mol. The summed E-state index contributed by atoms with van der Waals surface area (Å²) in [6.45, 7) is 2.58. The molecule has 0 spiro atoms. The molecular weight excluding hydrogens is 212 g/mol. The number of hydrogen-bond acceptors (Lipinski definition) is 5. The Labute approximate surface area is 92.7 Å². The average molecular weight is 226 g/mol. The maximum Gasteiger partial charge on any atom is 0.367 e. The SMILES string of the molecule is O=C(OCC1CCNCC1)c1nccs1. The zero-order valence-electron chi connectivity index (χ0n) is 8.44. The van der Waals surface area contributed by atoms with Crippen LogP contribution in [-0.2, 0) is 4.74 Å². The predicted octanol–water partition coefficient (Wildman–Crippen LogP) is 1.30. The Balaban J connectivity index is 1.75. The van der Waals surface area contributed by atoms with Gasteiger partial charge >= 0.3 is 5.97 Å². The van der Waals surface area contributed by atoms with E-state index in [4.69, 9.17) is 4.74 Å². The Morgan fingerprint density at radius 3 is 3.07 bits per heavy atom. The van der Waals surface area contributed by atoms with Gasteiger partial charge in [0, 0.05) is 11.6 Å². The number of piperidine rings is 1. The minimum absolute atomic E-state index is 0.288. The van der Waals surface area contributed by atoms with Crippen molar-refractivity contribution < 1.29 is 9.53 Å². The molecule has 1 aromatic rings. The highest BCUT2D eigenvalue weighted by atomic mass is 32.1. The van der Waals surface area contributed by atoms with E-state index in [1.165, 1.54) is 11.3 Å². The minimum atomic E-state index is -0.288. The van der Waals surface area contributed by atoms with Crippen LogP contribution in [-0.4, -0.2) is 30.6 Å². The number of nitrogens with zero attached hydrogens (tertiary/aromatic N) is 1. The molecule has 0 aromatic carbocycles. The Bertz CT molecular complexity index is 307. The third kappa shape index (κ3) is 3.00. The molecule has 82 valence electrons. The highest BCUT2D eigenvalue weighted by Gasteiger charge is 2.16. The molecule has 5 heteroatoms. The summed E-state index contributed by atoms with van der Waals surface area (Å²) in [4.78, 5) is 15.4. The fourth-order valence-corrected chi connectivity index (χ4v) is 2.16. The van der Waals surface area contributed by atoms with Crippen LogP contribution in [0.1, 0.15) is 22.6 Å². The van der Waals surface area contributed by atoms with Gasteiger partial charge in [-0.2, -0.15) is 0 Å². The molecular formula is C10H14N2O2S. The molecule has 1 N–H and O–H groups in total. The molecule has 2 rings (SSSR count). The largest absolute Gasteiger partial charge is 0.460 e. The molecule has 4 nitrogen and oxygen atoms in total. The van der Waals surface area contributed by atoms with Crippen LogP contribution in [0.15, 0.2) is 11.6 Å². The first-order chi connectivity index (χ1) is 7.36. The van der Waals surface area contributed by atoms with Crippen LogP contribution in [0, 0.1) is 5.92 Å². The Kier molecular flexibility index (Phi) is 3.69. The van der Waals surface area contributed by atoms with Crippen molar-refractivity contribution in [1.82, 2.24) is 10.3 Å². The molecule has 1 aromatic heterocycles. The number of esters is 1. The molecule has 1 aliphatic rings. The van der Waals surface area contributed by atoms with E-state index in [1.807, 2.05) is 0 Å². The summed E-state index contributed by atoms with van der Waals surface area (Å²) in [7, 11) is 0. The van der Waals surface area contributed by atoms with Crippen LogP contribution in [0.2, 0.25) is 0 Å². The Hall–Kier alpha value is -0.940. The van der Waals surface area contributed by atoms with E-state index in [-0.39, 0.29) is 5.97 Å². The topological polar surface area (TPSA) is 51.2 Å². The van der Waals surface area contributed by atoms with Crippen molar-refractivity contribution in [2.45, 2.75) is 12.8 Å². The molecule has 15 heavy (non-hydrogen) atoms. The standard InChI is InChI=1S/C10H14N2O2S/c13-10(9-12-5-6-15-9)14-7-8-1-3-11-4-2-8/h5-6,8,11H,1-4,7H2. The van der Waals surface area contributed by atoms with Crippen LogP contribution in [0.5, 0.6) is 0 Å². The molecule has 0 unspecified atom stereocenters. The minimum Gasteiger partial charge on any atom is -0.460 e. The molecule has 0 bridgehead atoms. The number of aromatic nitrogens is 1.